The molecule has 5 nitrogen and oxygen atoms in total. The molecule has 0 radical (unpaired) electrons. The van der Waals surface area contributed by atoms with Gasteiger partial charge in [-0.2, -0.15) is 5.10 Å². The number of rotatable bonds is 3. The van der Waals surface area contributed by atoms with Gasteiger partial charge in [0.05, 0.1) is 17.8 Å². The SMILES string of the molecule is Cc1cc(C)n([C@H](C)C[C@H]2O[C@@H](C)C[C@H](O)O2)n1. The van der Waals surface area contributed by atoms with E-state index in [2.05, 4.69) is 18.1 Å². The minimum absolute atomic E-state index is 0.0337. The van der Waals surface area contributed by atoms with Crippen LogP contribution in [0.25, 0.3) is 0 Å². The minimum atomic E-state index is -0.716. The molecule has 1 aliphatic heterocycles. The molecular weight excluding hydrogens is 232 g/mol. The van der Waals surface area contributed by atoms with Gasteiger partial charge in [0.1, 0.15) is 0 Å². The zero-order valence-electron chi connectivity index (χ0n) is 11.5. The normalized spacial score (nSPS) is 30.4. The van der Waals surface area contributed by atoms with Crippen LogP contribution in [0.2, 0.25) is 0 Å². The maximum atomic E-state index is 9.57. The fourth-order valence-electron chi connectivity index (χ4n) is 2.44. The molecular formula is C13H22N2O3. The first-order valence-electron chi connectivity index (χ1n) is 6.47. The van der Waals surface area contributed by atoms with Gasteiger partial charge >= 0.3 is 0 Å². The summed E-state index contributed by atoms with van der Waals surface area (Å²) in [4.78, 5) is 0. The molecule has 1 N–H and O–H groups in total. The van der Waals surface area contributed by atoms with Gasteiger partial charge in [-0.1, -0.05) is 0 Å². The number of aliphatic hydroxyl groups excluding tert-OH is 1. The van der Waals surface area contributed by atoms with Crippen LogP contribution >= 0.6 is 0 Å². The van der Waals surface area contributed by atoms with Gasteiger partial charge in [-0.15, -0.1) is 0 Å². The van der Waals surface area contributed by atoms with Crippen molar-refractivity contribution in [2.24, 2.45) is 0 Å². The van der Waals surface area contributed by atoms with E-state index in [1.54, 1.807) is 0 Å². The van der Waals surface area contributed by atoms with Crippen LogP contribution in [0.1, 0.15) is 44.1 Å². The largest absolute Gasteiger partial charge is 0.368 e. The van der Waals surface area contributed by atoms with Gasteiger partial charge in [-0.05, 0) is 33.8 Å². The maximum absolute atomic E-state index is 9.57. The second kappa shape index (κ2) is 5.38. The topological polar surface area (TPSA) is 56.5 Å². The van der Waals surface area contributed by atoms with E-state index in [0.29, 0.717) is 12.8 Å². The van der Waals surface area contributed by atoms with E-state index in [-0.39, 0.29) is 18.4 Å². The molecule has 0 bridgehead atoms. The molecule has 2 heterocycles. The summed E-state index contributed by atoms with van der Waals surface area (Å²) in [5.74, 6) is 0. The van der Waals surface area contributed by atoms with Gasteiger partial charge in [-0.3, -0.25) is 4.68 Å². The molecule has 102 valence electrons. The summed E-state index contributed by atoms with van der Waals surface area (Å²) in [6.07, 6.45) is 0.175. The van der Waals surface area contributed by atoms with Crippen LogP contribution in [0.3, 0.4) is 0 Å². The summed E-state index contributed by atoms with van der Waals surface area (Å²) < 4.78 is 13.0. The molecule has 1 saturated heterocycles. The summed E-state index contributed by atoms with van der Waals surface area (Å²) in [7, 11) is 0. The van der Waals surface area contributed by atoms with Crippen LogP contribution in [0.4, 0.5) is 0 Å². The molecule has 0 spiro atoms. The van der Waals surface area contributed by atoms with Crippen molar-refractivity contribution < 1.29 is 14.6 Å². The van der Waals surface area contributed by atoms with E-state index >= 15 is 0 Å². The monoisotopic (exact) mass is 254 g/mol. The van der Waals surface area contributed by atoms with Crippen LogP contribution in [0.5, 0.6) is 0 Å². The van der Waals surface area contributed by atoms with Gasteiger partial charge in [0.15, 0.2) is 12.6 Å². The maximum Gasteiger partial charge on any atom is 0.163 e. The van der Waals surface area contributed by atoms with E-state index in [9.17, 15) is 5.11 Å². The van der Waals surface area contributed by atoms with Crippen LogP contribution in [-0.4, -0.2) is 33.6 Å². The molecule has 0 aromatic carbocycles. The minimum Gasteiger partial charge on any atom is -0.368 e. The van der Waals surface area contributed by atoms with Crippen LogP contribution in [0.15, 0.2) is 6.07 Å². The Kier molecular flexibility index (Phi) is 4.04. The van der Waals surface area contributed by atoms with E-state index in [1.165, 1.54) is 0 Å². The van der Waals surface area contributed by atoms with Gasteiger partial charge < -0.3 is 14.6 Å². The predicted octanol–water partition coefficient (Wildman–Crippen LogP) is 1.92. The van der Waals surface area contributed by atoms with Crippen molar-refractivity contribution in [3.05, 3.63) is 17.5 Å². The molecule has 18 heavy (non-hydrogen) atoms. The third kappa shape index (κ3) is 3.10. The quantitative estimate of drug-likeness (QED) is 0.895. The van der Waals surface area contributed by atoms with E-state index < -0.39 is 6.29 Å². The lowest BCUT2D eigenvalue weighted by Gasteiger charge is -2.33. The van der Waals surface area contributed by atoms with Gasteiger partial charge in [0.2, 0.25) is 0 Å². The summed E-state index contributed by atoms with van der Waals surface area (Å²) in [5, 5.41) is 14.0. The fourth-order valence-corrected chi connectivity index (χ4v) is 2.44. The van der Waals surface area contributed by atoms with Crippen molar-refractivity contribution in [1.82, 2.24) is 9.78 Å². The van der Waals surface area contributed by atoms with Gasteiger partial charge in [0.25, 0.3) is 0 Å². The first-order chi connectivity index (χ1) is 8.45. The molecule has 1 aliphatic rings. The van der Waals surface area contributed by atoms with Crippen molar-refractivity contribution in [1.29, 1.82) is 0 Å². The average molecular weight is 254 g/mol. The Morgan fingerprint density at radius 2 is 2.22 bits per heavy atom. The molecule has 5 heteroatoms. The second-order valence-electron chi connectivity index (χ2n) is 5.16. The van der Waals surface area contributed by atoms with Crippen LogP contribution in [-0.2, 0) is 9.47 Å². The standard InChI is InChI=1S/C13H22N2O3/c1-8-5-9(2)15(14-8)10(3)6-13-17-11(4)7-12(16)18-13/h5,10-13,16H,6-7H2,1-4H3/t10-,11+,12-,13+/m1/s1. The van der Waals surface area contributed by atoms with Gasteiger partial charge in [0, 0.05) is 18.5 Å². The Morgan fingerprint density at radius 1 is 1.50 bits per heavy atom. The Balaban J connectivity index is 1.98. The average Bonchev–Trinajstić information content (AvgIpc) is 2.56. The number of hydrogen-bond donors (Lipinski definition) is 1. The van der Waals surface area contributed by atoms with Crippen LogP contribution in [0, 0.1) is 13.8 Å². The number of aryl methyl sites for hydroxylation is 2. The van der Waals surface area contributed by atoms with Crippen molar-refractivity contribution in [2.75, 3.05) is 0 Å². The first-order valence-corrected chi connectivity index (χ1v) is 6.47. The molecule has 1 fully saturated rings. The molecule has 0 unspecified atom stereocenters. The molecule has 1 aromatic rings. The highest BCUT2D eigenvalue weighted by atomic mass is 16.7. The highest BCUT2D eigenvalue weighted by Crippen LogP contribution is 2.24. The van der Waals surface area contributed by atoms with Crippen molar-refractivity contribution in [3.8, 4) is 0 Å². The summed E-state index contributed by atoms with van der Waals surface area (Å²) in [6, 6.07) is 2.23. The van der Waals surface area contributed by atoms with E-state index in [1.807, 2.05) is 25.5 Å². The third-order valence-corrected chi connectivity index (χ3v) is 3.22. The third-order valence-electron chi connectivity index (χ3n) is 3.22. The number of aliphatic hydroxyl groups is 1. The van der Waals surface area contributed by atoms with Crippen molar-refractivity contribution >= 4 is 0 Å². The van der Waals surface area contributed by atoms with Crippen LogP contribution < -0.4 is 0 Å². The second-order valence-corrected chi connectivity index (χ2v) is 5.16. The van der Waals surface area contributed by atoms with E-state index in [4.69, 9.17) is 9.47 Å². The Labute approximate surface area is 108 Å². The Morgan fingerprint density at radius 3 is 2.78 bits per heavy atom. The smallest absolute Gasteiger partial charge is 0.163 e. The lowest BCUT2D eigenvalue weighted by molar-refractivity contribution is -0.294. The molecule has 2 rings (SSSR count). The fraction of sp³-hybridized carbons (Fsp3) is 0.769. The highest BCUT2D eigenvalue weighted by Gasteiger charge is 2.28. The molecule has 0 saturated carbocycles. The molecule has 0 aliphatic carbocycles. The summed E-state index contributed by atoms with van der Waals surface area (Å²) >= 11 is 0. The van der Waals surface area contributed by atoms with Gasteiger partial charge in [-0.25, -0.2) is 0 Å². The first kappa shape index (κ1) is 13.5. The molecule has 1 aromatic heterocycles. The number of nitrogens with zero attached hydrogens (tertiary/aromatic N) is 2. The van der Waals surface area contributed by atoms with E-state index in [0.717, 1.165) is 11.4 Å². The van der Waals surface area contributed by atoms with Crippen molar-refractivity contribution in [2.45, 2.75) is 65.3 Å². The number of ether oxygens (including phenoxy) is 2. The van der Waals surface area contributed by atoms with Crippen molar-refractivity contribution in [3.63, 3.8) is 0 Å². The summed E-state index contributed by atoms with van der Waals surface area (Å²) in [5.41, 5.74) is 2.14. The number of hydrogen-bond acceptors (Lipinski definition) is 4. The molecule has 4 atom stereocenters. The zero-order valence-corrected chi connectivity index (χ0v) is 11.5. The number of aromatic nitrogens is 2. The summed E-state index contributed by atoms with van der Waals surface area (Å²) in [6.45, 7) is 8.05. The Hall–Kier alpha value is -0.910. The predicted molar refractivity (Wildman–Crippen MR) is 67.1 cm³/mol. The zero-order chi connectivity index (χ0) is 13.3. The Bertz CT molecular complexity index is 395. The lowest BCUT2D eigenvalue weighted by atomic mass is 10.2. The lowest BCUT2D eigenvalue weighted by Crippen LogP contribution is -2.38. The highest BCUT2D eigenvalue weighted by molar-refractivity contribution is 5.07. The molecule has 0 amide bonds.